The van der Waals surface area contributed by atoms with Gasteiger partial charge >= 0.3 is 0 Å². The molecule has 0 aromatic heterocycles. The molecule has 1 unspecified atom stereocenters. The number of nitrogens with one attached hydrogen (secondary N) is 1. The summed E-state index contributed by atoms with van der Waals surface area (Å²) in [4.78, 5) is 12.2. The third kappa shape index (κ3) is 4.57. The van der Waals surface area contributed by atoms with Crippen molar-refractivity contribution in [2.24, 2.45) is 11.7 Å². The fourth-order valence-corrected chi connectivity index (χ4v) is 4.35. The number of hydrogen-bond donors (Lipinski definition) is 2. The molecule has 1 aliphatic carbocycles. The van der Waals surface area contributed by atoms with Crippen LogP contribution < -0.4 is 11.1 Å². The molecular formula is C21H33ClN2O. The zero-order chi connectivity index (χ0) is 18.5. The maximum Gasteiger partial charge on any atom is 0.220 e. The van der Waals surface area contributed by atoms with Gasteiger partial charge in [0.1, 0.15) is 0 Å². The molecular weight excluding hydrogens is 332 g/mol. The second kappa shape index (κ2) is 8.55. The van der Waals surface area contributed by atoms with E-state index >= 15 is 0 Å². The first-order valence-electron chi connectivity index (χ1n) is 9.64. The Hall–Kier alpha value is -1.06. The molecule has 0 spiro atoms. The number of unbranched alkanes of at least 4 members (excludes halogenated alkanes) is 1. The summed E-state index contributed by atoms with van der Waals surface area (Å²) in [6.07, 6.45) is 6.76. The van der Waals surface area contributed by atoms with Gasteiger partial charge in [-0.2, -0.15) is 0 Å². The van der Waals surface area contributed by atoms with E-state index in [9.17, 15) is 4.79 Å². The molecule has 1 amide bonds. The largest absolute Gasteiger partial charge is 0.354 e. The van der Waals surface area contributed by atoms with E-state index in [0.29, 0.717) is 18.9 Å². The van der Waals surface area contributed by atoms with Crippen LogP contribution in [0.3, 0.4) is 0 Å². The molecule has 1 saturated carbocycles. The Kier molecular flexibility index (Phi) is 6.93. The number of carbonyl (C=O) groups excluding carboxylic acids is 1. The number of amides is 1. The number of rotatable bonds is 9. The minimum Gasteiger partial charge on any atom is -0.354 e. The second-order valence-electron chi connectivity index (χ2n) is 8.08. The van der Waals surface area contributed by atoms with Gasteiger partial charge in [0.05, 0.1) is 0 Å². The van der Waals surface area contributed by atoms with Gasteiger partial charge in [-0.15, -0.1) is 0 Å². The van der Waals surface area contributed by atoms with E-state index < -0.39 is 5.54 Å². The monoisotopic (exact) mass is 364 g/mol. The van der Waals surface area contributed by atoms with E-state index in [2.05, 4.69) is 38.2 Å². The van der Waals surface area contributed by atoms with Gasteiger partial charge in [-0.3, -0.25) is 4.79 Å². The van der Waals surface area contributed by atoms with Crippen molar-refractivity contribution in [3.05, 3.63) is 34.9 Å². The average molecular weight is 365 g/mol. The van der Waals surface area contributed by atoms with Gasteiger partial charge in [0.25, 0.3) is 0 Å². The van der Waals surface area contributed by atoms with Gasteiger partial charge in [0.2, 0.25) is 5.91 Å². The van der Waals surface area contributed by atoms with Crippen LogP contribution >= 0.6 is 11.6 Å². The highest BCUT2D eigenvalue weighted by atomic mass is 35.5. The first-order chi connectivity index (χ1) is 11.8. The first-order valence-corrected chi connectivity index (χ1v) is 10.0. The molecule has 3 nitrogen and oxygen atoms in total. The molecule has 1 fully saturated rings. The smallest absolute Gasteiger partial charge is 0.220 e. The lowest BCUT2D eigenvalue weighted by atomic mass is 9.52. The van der Waals surface area contributed by atoms with Crippen molar-refractivity contribution >= 4 is 17.5 Å². The predicted molar refractivity (Wildman–Crippen MR) is 106 cm³/mol. The van der Waals surface area contributed by atoms with Gasteiger partial charge in [0.15, 0.2) is 0 Å². The number of hydrogen-bond acceptors (Lipinski definition) is 2. The van der Waals surface area contributed by atoms with Crippen molar-refractivity contribution < 1.29 is 4.79 Å². The predicted octanol–water partition coefficient (Wildman–Crippen LogP) is 4.81. The van der Waals surface area contributed by atoms with Gasteiger partial charge in [-0.1, -0.05) is 57.3 Å². The SMILES string of the molecule is CCCCC(=O)NCC(N)(CC(C)C)C1(c2ccc(Cl)cc2)CCC1. The lowest BCUT2D eigenvalue weighted by molar-refractivity contribution is -0.121. The first kappa shape index (κ1) is 20.3. The van der Waals surface area contributed by atoms with Crippen molar-refractivity contribution in [2.75, 3.05) is 6.54 Å². The minimum absolute atomic E-state index is 0.0695. The molecule has 0 aliphatic heterocycles. The van der Waals surface area contributed by atoms with Gasteiger partial charge < -0.3 is 11.1 Å². The van der Waals surface area contributed by atoms with Crippen LogP contribution in [0.2, 0.25) is 5.02 Å². The molecule has 0 saturated heterocycles. The van der Waals surface area contributed by atoms with Crippen LogP contribution in [0.15, 0.2) is 24.3 Å². The number of nitrogens with two attached hydrogens (primary N) is 1. The van der Waals surface area contributed by atoms with Crippen LogP contribution in [0.25, 0.3) is 0 Å². The van der Waals surface area contributed by atoms with E-state index in [1.807, 2.05) is 12.1 Å². The van der Waals surface area contributed by atoms with E-state index in [-0.39, 0.29) is 11.3 Å². The summed E-state index contributed by atoms with van der Waals surface area (Å²) in [7, 11) is 0. The molecule has 3 N–H and O–H groups in total. The summed E-state index contributed by atoms with van der Waals surface area (Å²) >= 11 is 6.08. The number of halogens is 1. The molecule has 0 bridgehead atoms. The Morgan fingerprint density at radius 3 is 2.44 bits per heavy atom. The zero-order valence-electron chi connectivity index (χ0n) is 15.9. The standard InChI is InChI=1S/C21H33ClN2O/c1-4-5-7-19(25)24-15-21(23,14-16(2)3)20(12-6-13-20)17-8-10-18(22)11-9-17/h8-11,16H,4-7,12-15,23H2,1-3H3,(H,24,25). The summed E-state index contributed by atoms with van der Waals surface area (Å²) in [6, 6.07) is 8.13. The van der Waals surface area contributed by atoms with Crippen molar-refractivity contribution in [1.29, 1.82) is 0 Å². The quantitative estimate of drug-likeness (QED) is 0.660. The van der Waals surface area contributed by atoms with Gasteiger partial charge in [-0.05, 0) is 49.3 Å². The summed E-state index contributed by atoms with van der Waals surface area (Å²) in [5.74, 6) is 0.591. The van der Waals surface area contributed by atoms with Crippen molar-refractivity contribution in [3.63, 3.8) is 0 Å². The molecule has 1 aliphatic rings. The highest BCUT2D eigenvalue weighted by Gasteiger charge is 2.53. The topological polar surface area (TPSA) is 55.1 Å². The maximum absolute atomic E-state index is 12.2. The van der Waals surface area contributed by atoms with Crippen LogP contribution in [0.5, 0.6) is 0 Å². The van der Waals surface area contributed by atoms with E-state index in [0.717, 1.165) is 37.1 Å². The van der Waals surface area contributed by atoms with E-state index in [4.69, 9.17) is 17.3 Å². The Labute approximate surface area is 157 Å². The molecule has 1 aromatic rings. The lowest BCUT2D eigenvalue weighted by Gasteiger charge is -2.55. The van der Waals surface area contributed by atoms with Crippen LogP contribution in [0.1, 0.15) is 71.3 Å². The fraction of sp³-hybridized carbons (Fsp3) is 0.667. The number of benzene rings is 1. The van der Waals surface area contributed by atoms with E-state index in [1.54, 1.807) is 0 Å². The van der Waals surface area contributed by atoms with Crippen molar-refractivity contribution in [3.8, 4) is 0 Å². The summed E-state index contributed by atoms with van der Waals surface area (Å²) < 4.78 is 0. The molecule has 0 radical (unpaired) electrons. The van der Waals surface area contributed by atoms with E-state index in [1.165, 1.54) is 12.0 Å². The van der Waals surface area contributed by atoms with Crippen LogP contribution in [0.4, 0.5) is 0 Å². The van der Waals surface area contributed by atoms with Crippen LogP contribution in [-0.2, 0) is 10.2 Å². The Bertz CT molecular complexity index is 566. The third-order valence-electron chi connectivity index (χ3n) is 5.69. The Morgan fingerprint density at radius 2 is 1.96 bits per heavy atom. The molecule has 1 aromatic carbocycles. The summed E-state index contributed by atoms with van der Waals surface area (Å²) in [5.41, 5.74) is 7.79. The maximum atomic E-state index is 12.2. The minimum atomic E-state index is -0.435. The molecule has 1 atom stereocenters. The molecule has 25 heavy (non-hydrogen) atoms. The lowest BCUT2D eigenvalue weighted by Crippen LogP contribution is -2.67. The summed E-state index contributed by atoms with van der Waals surface area (Å²) in [6.45, 7) is 7.04. The number of carbonyl (C=O) groups is 1. The normalized spacial score (nSPS) is 18.5. The second-order valence-corrected chi connectivity index (χ2v) is 8.51. The molecule has 2 rings (SSSR count). The Balaban J connectivity index is 2.24. The zero-order valence-corrected chi connectivity index (χ0v) is 16.7. The molecule has 4 heteroatoms. The Morgan fingerprint density at radius 1 is 1.32 bits per heavy atom. The average Bonchev–Trinajstić information content (AvgIpc) is 2.51. The highest BCUT2D eigenvalue weighted by molar-refractivity contribution is 6.30. The summed E-state index contributed by atoms with van der Waals surface area (Å²) in [5, 5.41) is 3.88. The van der Waals surface area contributed by atoms with Crippen LogP contribution in [0, 0.1) is 5.92 Å². The van der Waals surface area contributed by atoms with Crippen molar-refractivity contribution in [1.82, 2.24) is 5.32 Å². The molecule has 0 heterocycles. The highest BCUT2D eigenvalue weighted by Crippen LogP contribution is 2.52. The van der Waals surface area contributed by atoms with Crippen molar-refractivity contribution in [2.45, 2.75) is 76.7 Å². The molecule has 140 valence electrons. The van der Waals surface area contributed by atoms with Crippen LogP contribution in [-0.4, -0.2) is 18.0 Å². The van der Waals surface area contributed by atoms with Gasteiger partial charge in [-0.25, -0.2) is 0 Å². The third-order valence-corrected chi connectivity index (χ3v) is 5.94. The fourth-order valence-electron chi connectivity index (χ4n) is 4.22. The van der Waals surface area contributed by atoms with Gasteiger partial charge in [0, 0.05) is 28.9 Å².